The molecular formula is C13H16N2O4S. The molecule has 0 radical (unpaired) electrons. The molecule has 1 heterocycles. The molecule has 1 aromatic heterocycles. The van der Waals surface area contributed by atoms with Gasteiger partial charge in [-0.1, -0.05) is 11.8 Å². The van der Waals surface area contributed by atoms with Gasteiger partial charge in [0, 0.05) is 30.8 Å². The molecular weight excluding hydrogens is 280 g/mol. The predicted molar refractivity (Wildman–Crippen MR) is 74.9 cm³/mol. The van der Waals surface area contributed by atoms with Crippen molar-refractivity contribution in [3.05, 3.63) is 29.6 Å². The Balaban J connectivity index is 2.55. The van der Waals surface area contributed by atoms with Crippen molar-refractivity contribution < 1.29 is 18.3 Å². The van der Waals surface area contributed by atoms with E-state index in [1.54, 1.807) is 6.07 Å². The summed E-state index contributed by atoms with van der Waals surface area (Å²) < 4.78 is 21.9. The monoisotopic (exact) mass is 296 g/mol. The van der Waals surface area contributed by atoms with Gasteiger partial charge in [-0.05, 0) is 12.5 Å². The molecule has 6 nitrogen and oxygen atoms in total. The Morgan fingerprint density at radius 3 is 2.85 bits per heavy atom. The second-order valence-electron chi connectivity index (χ2n) is 4.16. The maximum atomic E-state index is 11.8. The number of nitrogens with one attached hydrogen (secondary N) is 1. The number of hydrogen-bond donors (Lipinski definition) is 2. The van der Waals surface area contributed by atoms with Crippen LogP contribution in [0, 0.1) is 11.8 Å². The van der Waals surface area contributed by atoms with E-state index in [1.165, 1.54) is 12.4 Å². The third kappa shape index (κ3) is 6.31. The summed E-state index contributed by atoms with van der Waals surface area (Å²) in [4.78, 5) is 15.7. The molecule has 0 saturated heterocycles. The molecule has 0 atom stereocenters. The summed E-state index contributed by atoms with van der Waals surface area (Å²) in [6, 6.07) is 1.56. The average Bonchev–Trinajstić information content (AvgIpc) is 2.40. The fourth-order valence-electron chi connectivity index (χ4n) is 1.41. The smallest absolute Gasteiger partial charge is 0.252 e. The topological polar surface area (TPSA) is 96.4 Å². The zero-order valence-electron chi connectivity index (χ0n) is 11.1. The van der Waals surface area contributed by atoms with Crippen LogP contribution < -0.4 is 5.32 Å². The molecule has 1 aromatic rings. The SMILES string of the molecule is CS(=O)(=O)CCCNC(=O)c1cncc(C#CCO)c1. The Morgan fingerprint density at radius 2 is 2.20 bits per heavy atom. The fourth-order valence-corrected chi connectivity index (χ4v) is 2.08. The summed E-state index contributed by atoms with van der Waals surface area (Å²) in [6.07, 6.45) is 4.41. The zero-order chi connectivity index (χ0) is 15.0. The summed E-state index contributed by atoms with van der Waals surface area (Å²) >= 11 is 0. The highest BCUT2D eigenvalue weighted by Gasteiger charge is 2.07. The van der Waals surface area contributed by atoms with Crippen LogP contribution in [0.5, 0.6) is 0 Å². The first-order chi connectivity index (χ1) is 9.42. The minimum absolute atomic E-state index is 0.0353. The third-order valence-corrected chi connectivity index (χ3v) is 3.32. The van der Waals surface area contributed by atoms with E-state index in [2.05, 4.69) is 22.1 Å². The maximum Gasteiger partial charge on any atom is 0.252 e. The standard InChI is InChI=1S/C13H16N2O4S/c1-20(18,19)7-3-5-15-13(17)12-8-11(4-2-6-16)9-14-10-12/h8-10,16H,3,5-7H2,1H3,(H,15,17). The van der Waals surface area contributed by atoms with E-state index in [0.717, 1.165) is 6.26 Å². The van der Waals surface area contributed by atoms with Crippen LogP contribution in [0.2, 0.25) is 0 Å². The molecule has 20 heavy (non-hydrogen) atoms. The molecule has 0 fully saturated rings. The number of amides is 1. The second-order valence-corrected chi connectivity index (χ2v) is 6.42. The van der Waals surface area contributed by atoms with Crippen molar-refractivity contribution in [1.82, 2.24) is 10.3 Å². The highest BCUT2D eigenvalue weighted by molar-refractivity contribution is 7.90. The number of sulfone groups is 1. The van der Waals surface area contributed by atoms with Crippen molar-refractivity contribution in [1.29, 1.82) is 0 Å². The number of carbonyl (C=O) groups is 1. The second kappa shape index (κ2) is 7.62. The van der Waals surface area contributed by atoms with Gasteiger partial charge in [0.25, 0.3) is 5.91 Å². The van der Waals surface area contributed by atoms with Crippen LogP contribution in [0.15, 0.2) is 18.5 Å². The van der Waals surface area contributed by atoms with Crippen molar-refractivity contribution in [2.24, 2.45) is 0 Å². The van der Waals surface area contributed by atoms with Crippen LogP contribution in [-0.4, -0.2) is 49.6 Å². The van der Waals surface area contributed by atoms with Crippen LogP contribution in [0.4, 0.5) is 0 Å². The summed E-state index contributed by atoms with van der Waals surface area (Å²) in [7, 11) is -3.01. The van der Waals surface area contributed by atoms with Crippen molar-refractivity contribution in [3.63, 3.8) is 0 Å². The van der Waals surface area contributed by atoms with Gasteiger partial charge >= 0.3 is 0 Å². The first kappa shape index (κ1) is 16.1. The number of aromatic nitrogens is 1. The van der Waals surface area contributed by atoms with E-state index in [1.807, 2.05) is 0 Å². The lowest BCUT2D eigenvalue weighted by Gasteiger charge is -2.04. The average molecular weight is 296 g/mol. The number of carbonyl (C=O) groups excluding carboxylic acids is 1. The van der Waals surface area contributed by atoms with Gasteiger partial charge in [-0.3, -0.25) is 9.78 Å². The van der Waals surface area contributed by atoms with Crippen molar-refractivity contribution in [2.45, 2.75) is 6.42 Å². The number of hydrogen-bond acceptors (Lipinski definition) is 5. The van der Waals surface area contributed by atoms with Gasteiger partial charge in [-0.15, -0.1) is 0 Å². The molecule has 108 valence electrons. The Kier molecular flexibility index (Phi) is 6.15. The minimum atomic E-state index is -3.01. The molecule has 0 aliphatic heterocycles. The van der Waals surface area contributed by atoms with Gasteiger partial charge in [0.2, 0.25) is 0 Å². The van der Waals surface area contributed by atoms with Crippen LogP contribution in [0.25, 0.3) is 0 Å². The highest BCUT2D eigenvalue weighted by atomic mass is 32.2. The van der Waals surface area contributed by atoms with Crippen LogP contribution in [0.1, 0.15) is 22.3 Å². The van der Waals surface area contributed by atoms with E-state index >= 15 is 0 Å². The molecule has 0 unspecified atom stereocenters. The van der Waals surface area contributed by atoms with Gasteiger partial charge in [-0.25, -0.2) is 8.42 Å². The number of nitrogens with zero attached hydrogens (tertiary/aromatic N) is 1. The molecule has 7 heteroatoms. The number of rotatable bonds is 5. The summed E-state index contributed by atoms with van der Waals surface area (Å²) in [5.41, 5.74) is 0.872. The Morgan fingerprint density at radius 1 is 1.45 bits per heavy atom. The molecule has 0 aromatic carbocycles. The van der Waals surface area contributed by atoms with E-state index in [-0.39, 0.29) is 24.8 Å². The molecule has 2 N–H and O–H groups in total. The summed E-state index contributed by atoms with van der Waals surface area (Å²) in [6.45, 7) is 0.0143. The van der Waals surface area contributed by atoms with E-state index in [0.29, 0.717) is 17.5 Å². The van der Waals surface area contributed by atoms with Gasteiger partial charge in [0.15, 0.2) is 0 Å². The lowest BCUT2D eigenvalue weighted by molar-refractivity contribution is 0.0953. The van der Waals surface area contributed by atoms with Crippen molar-refractivity contribution >= 4 is 15.7 Å². The molecule has 0 spiro atoms. The molecule has 1 amide bonds. The summed E-state index contributed by atoms with van der Waals surface area (Å²) in [5, 5.41) is 11.2. The van der Waals surface area contributed by atoms with Gasteiger partial charge < -0.3 is 10.4 Å². The van der Waals surface area contributed by atoms with Crippen molar-refractivity contribution in [2.75, 3.05) is 25.2 Å². The molecule has 1 rings (SSSR count). The first-order valence-electron chi connectivity index (χ1n) is 5.93. The normalized spacial score (nSPS) is 10.5. The minimum Gasteiger partial charge on any atom is -0.384 e. The third-order valence-electron chi connectivity index (χ3n) is 2.29. The van der Waals surface area contributed by atoms with Crippen molar-refractivity contribution in [3.8, 4) is 11.8 Å². The Labute approximate surface area is 118 Å². The number of pyridine rings is 1. The predicted octanol–water partition coefficient (Wildman–Crippen LogP) is -0.410. The van der Waals surface area contributed by atoms with Gasteiger partial charge in [0.05, 0.1) is 11.3 Å². The highest BCUT2D eigenvalue weighted by Crippen LogP contribution is 2.01. The molecule has 0 aliphatic rings. The maximum absolute atomic E-state index is 11.8. The lowest BCUT2D eigenvalue weighted by atomic mass is 10.2. The molecule has 0 aliphatic carbocycles. The van der Waals surface area contributed by atoms with E-state index in [9.17, 15) is 13.2 Å². The van der Waals surface area contributed by atoms with Crippen LogP contribution in [0.3, 0.4) is 0 Å². The summed E-state index contributed by atoms with van der Waals surface area (Å²) in [5.74, 6) is 4.82. The van der Waals surface area contributed by atoms with E-state index < -0.39 is 9.84 Å². The number of aliphatic hydroxyl groups excluding tert-OH is 1. The largest absolute Gasteiger partial charge is 0.384 e. The zero-order valence-corrected chi connectivity index (χ0v) is 11.9. The quantitative estimate of drug-likeness (QED) is 0.569. The molecule has 0 bridgehead atoms. The molecule has 0 saturated carbocycles. The van der Waals surface area contributed by atoms with Crippen LogP contribution >= 0.6 is 0 Å². The van der Waals surface area contributed by atoms with Gasteiger partial charge in [0.1, 0.15) is 16.4 Å². The van der Waals surface area contributed by atoms with Gasteiger partial charge in [-0.2, -0.15) is 0 Å². The van der Waals surface area contributed by atoms with Crippen LogP contribution in [-0.2, 0) is 9.84 Å². The number of aliphatic hydroxyl groups is 1. The Hall–Kier alpha value is -1.91. The Bertz CT molecular complexity index is 629. The fraction of sp³-hybridized carbons (Fsp3) is 0.385. The lowest BCUT2D eigenvalue weighted by Crippen LogP contribution is -2.26. The van der Waals surface area contributed by atoms with E-state index in [4.69, 9.17) is 5.11 Å². The first-order valence-corrected chi connectivity index (χ1v) is 7.99.